The van der Waals surface area contributed by atoms with Crippen molar-refractivity contribution in [2.75, 3.05) is 18.4 Å². The van der Waals surface area contributed by atoms with Gasteiger partial charge in [0, 0.05) is 37.3 Å². The number of hydrogen-bond donors (Lipinski definition) is 2. The number of fused-ring (bicyclic) bond motifs is 1. The average Bonchev–Trinajstić information content (AvgIpc) is 3.06. The molecule has 2 heterocycles. The number of anilines is 1. The van der Waals surface area contributed by atoms with Crippen molar-refractivity contribution < 1.29 is 4.79 Å². The molecule has 3 rings (SSSR count). The molecule has 5 heteroatoms. The van der Waals surface area contributed by atoms with Gasteiger partial charge in [0.1, 0.15) is 0 Å². The molecule has 21 heavy (non-hydrogen) atoms. The topological polar surface area (TPSA) is 59.0 Å². The van der Waals surface area contributed by atoms with E-state index >= 15 is 0 Å². The van der Waals surface area contributed by atoms with Gasteiger partial charge < -0.3 is 10.6 Å². The number of carbonyl (C=O) groups is 1. The average molecular weight is 284 g/mol. The fourth-order valence-electron chi connectivity index (χ4n) is 2.73. The molecule has 110 valence electrons. The van der Waals surface area contributed by atoms with Crippen molar-refractivity contribution in [2.45, 2.75) is 25.8 Å². The second-order valence-electron chi connectivity index (χ2n) is 5.50. The lowest BCUT2D eigenvalue weighted by molar-refractivity contribution is -0.121. The molecule has 1 amide bonds. The van der Waals surface area contributed by atoms with Crippen molar-refractivity contribution in [3.8, 4) is 0 Å². The van der Waals surface area contributed by atoms with Crippen molar-refractivity contribution in [2.24, 2.45) is 0 Å². The first-order valence-corrected chi connectivity index (χ1v) is 7.31. The van der Waals surface area contributed by atoms with Gasteiger partial charge in [0.15, 0.2) is 0 Å². The van der Waals surface area contributed by atoms with Crippen LogP contribution in [0.25, 0.3) is 0 Å². The SMILES string of the molecule is Cc1cnn(CCNC(=O)CC2CNc3ccccc32)c1. The van der Waals surface area contributed by atoms with E-state index in [-0.39, 0.29) is 11.8 Å². The summed E-state index contributed by atoms with van der Waals surface area (Å²) in [5.41, 5.74) is 3.53. The molecule has 0 saturated heterocycles. The van der Waals surface area contributed by atoms with Crippen LogP contribution in [-0.2, 0) is 11.3 Å². The van der Waals surface area contributed by atoms with E-state index in [1.165, 1.54) is 5.56 Å². The number of carbonyl (C=O) groups excluding carboxylic acids is 1. The van der Waals surface area contributed by atoms with E-state index in [1.807, 2.05) is 36.1 Å². The van der Waals surface area contributed by atoms with E-state index in [0.717, 1.165) is 17.8 Å². The van der Waals surface area contributed by atoms with Gasteiger partial charge in [-0.3, -0.25) is 9.48 Å². The Labute approximate surface area is 124 Å². The summed E-state index contributed by atoms with van der Waals surface area (Å²) in [7, 11) is 0. The largest absolute Gasteiger partial charge is 0.384 e. The van der Waals surface area contributed by atoms with Crippen LogP contribution >= 0.6 is 0 Å². The molecule has 2 N–H and O–H groups in total. The summed E-state index contributed by atoms with van der Waals surface area (Å²) in [6, 6.07) is 8.20. The van der Waals surface area contributed by atoms with Crippen LogP contribution in [0, 0.1) is 6.92 Å². The maximum Gasteiger partial charge on any atom is 0.220 e. The number of hydrogen-bond acceptors (Lipinski definition) is 3. The van der Waals surface area contributed by atoms with Crippen molar-refractivity contribution >= 4 is 11.6 Å². The molecule has 2 aromatic rings. The van der Waals surface area contributed by atoms with Crippen LogP contribution in [0.3, 0.4) is 0 Å². The number of nitrogens with one attached hydrogen (secondary N) is 2. The molecule has 0 aliphatic carbocycles. The number of aromatic nitrogens is 2. The highest BCUT2D eigenvalue weighted by molar-refractivity contribution is 5.78. The van der Waals surface area contributed by atoms with Crippen LogP contribution in [0.4, 0.5) is 5.69 Å². The third kappa shape index (κ3) is 3.24. The van der Waals surface area contributed by atoms with Gasteiger partial charge in [-0.05, 0) is 24.1 Å². The molecule has 1 aliphatic heterocycles. The molecule has 1 unspecified atom stereocenters. The Kier molecular flexibility index (Phi) is 3.90. The van der Waals surface area contributed by atoms with E-state index in [1.54, 1.807) is 0 Å². The molecular formula is C16H20N4O. The third-order valence-corrected chi connectivity index (χ3v) is 3.80. The molecule has 0 radical (unpaired) electrons. The fraction of sp³-hybridized carbons (Fsp3) is 0.375. The van der Waals surface area contributed by atoms with Gasteiger partial charge in [0.2, 0.25) is 5.91 Å². The lowest BCUT2D eigenvalue weighted by atomic mass is 9.98. The highest BCUT2D eigenvalue weighted by Crippen LogP contribution is 2.32. The Balaban J connectivity index is 1.47. The lowest BCUT2D eigenvalue weighted by Gasteiger charge is -2.10. The second-order valence-corrected chi connectivity index (χ2v) is 5.50. The summed E-state index contributed by atoms with van der Waals surface area (Å²) in [6.45, 7) is 4.17. The van der Waals surface area contributed by atoms with Gasteiger partial charge in [-0.1, -0.05) is 18.2 Å². The van der Waals surface area contributed by atoms with E-state index < -0.39 is 0 Å². The van der Waals surface area contributed by atoms with Gasteiger partial charge in [0.05, 0.1) is 12.7 Å². The van der Waals surface area contributed by atoms with Crippen molar-refractivity contribution in [1.82, 2.24) is 15.1 Å². The maximum atomic E-state index is 12.0. The minimum absolute atomic E-state index is 0.0994. The minimum Gasteiger partial charge on any atom is -0.384 e. The van der Waals surface area contributed by atoms with Crippen molar-refractivity contribution in [3.63, 3.8) is 0 Å². The minimum atomic E-state index is 0.0994. The van der Waals surface area contributed by atoms with Crippen LogP contribution < -0.4 is 10.6 Å². The summed E-state index contributed by atoms with van der Waals surface area (Å²) in [4.78, 5) is 12.0. The predicted molar refractivity (Wildman–Crippen MR) is 82.3 cm³/mol. The quantitative estimate of drug-likeness (QED) is 0.881. The van der Waals surface area contributed by atoms with Crippen LogP contribution in [-0.4, -0.2) is 28.8 Å². The highest BCUT2D eigenvalue weighted by Gasteiger charge is 2.23. The molecule has 5 nitrogen and oxygen atoms in total. The van der Waals surface area contributed by atoms with E-state index in [2.05, 4.69) is 27.9 Å². The summed E-state index contributed by atoms with van der Waals surface area (Å²) in [5, 5.41) is 10.5. The van der Waals surface area contributed by atoms with Crippen LogP contribution in [0.15, 0.2) is 36.7 Å². The third-order valence-electron chi connectivity index (χ3n) is 3.80. The Morgan fingerprint density at radius 2 is 2.33 bits per heavy atom. The normalized spacial score (nSPS) is 16.3. The number of rotatable bonds is 5. The van der Waals surface area contributed by atoms with Crippen LogP contribution in [0.5, 0.6) is 0 Å². The standard InChI is InChI=1S/C16H20N4O/c1-12-9-19-20(11-12)7-6-17-16(21)8-13-10-18-15-5-3-2-4-14(13)15/h2-5,9,11,13,18H,6-8,10H2,1H3,(H,17,21). The molecule has 1 aromatic heterocycles. The van der Waals surface area contributed by atoms with Gasteiger partial charge in [-0.15, -0.1) is 0 Å². The molecule has 0 spiro atoms. The first-order chi connectivity index (χ1) is 10.2. The molecule has 0 saturated carbocycles. The molecule has 1 aromatic carbocycles. The number of para-hydroxylation sites is 1. The van der Waals surface area contributed by atoms with Crippen molar-refractivity contribution in [3.05, 3.63) is 47.8 Å². The van der Waals surface area contributed by atoms with Gasteiger partial charge in [-0.2, -0.15) is 5.10 Å². The maximum absolute atomic E-state index is 12.0. The zero-order chi connectivity index (χ0) is 14.7. The van der Waals surface area contributed by atoms with E-state index in [0.29, 0.717) is 19.5 Å². The van der Waals surface area contributed by atoms with Gasteiger partial charge in [0.25, 0.3) is 0 Å². The summed E-state index contributed by atoms with van der Waals surface area (Å²) >= 11 is 0. The Morgan fingerprint density at radius 3 is 3.14 bits per heavy atom. The molecule has 0 bridgehead atoms. The summed E-state index contributed by atoms with van der Waals surface area (Å²) in [5.74, 6) is 0.371. The summed E-state index contributed by atoms with van der Waals surface area (Å²) < 4.78 is 1.85. The number of benzene rings is 1. The Hall–Kier alpha value is -2.30. The molecule has 0 fully saturated rings. The Bertz CT molecular complexity index is 635. The first kappa shape index (κ1) is 13.7. The van der Waals surface area contributed by atoms with E-state index in [9.17, 15) is 4.79 Å². The lowest BCUT2D eigenvalue weighted by Crippen LogP contribution is -2.28. The Morgan fingerprint density at radius 1 is 1.48 bits per heavy atom. The summed E-state index contributed by atoms with van der Waals surface area (Å²) in [6.07, 6.45) is 4.33. The molecule has 1 aliphatic rings. The highest BCUT2D eigenvalue weighted by atomic mass is 16.1. The molecular weight excluding hydrogens is 264 g/mol. The number of nitrogens with zero attached hydrogens (tertiary/aromatic N) is 2. The number of aryl methyl sites for hydroxylation is 1. The zero-order valence-electron chi connectivity index (χ0n) is 12.2. The first-order valence-electron chi connectivity index (χ1n) is 7.31. The fourth-order valence-corrected chi connectivity index (χ4v) is 2.73. The van der Waals surface area contributed by atoms with E-state index in [4.69, 9.17) is 0 Å². The van der Waals surface area contributed by atoms with Gasteiger partial charge in [-0.25, -0.2) is 0 Å². The second kappa shape index (κ2) is 5.99. The monoisotopic (exact) mass is 284 g/mol. The van der Waals surface area contributed by atoms with Crippen molar-refractivity contribution in [1.29, 1.82) is 0 Å². The van der Waals surface area contributed by atoms with Crippen LogP contribution in [0.1, 0.15) is 23.5 Å². The van der Waals surface area contributed by atoms with Gasteiger partial charge >= 0.3 is 0 Å². The number of amides is 1. The predicted octanol–water partition coefficient (Wildman–Crippen LogP) is 1.91. The van der Waals surface area contributed by atoms with Crippen LogP contribution in [0.2, 0.25) is 0 Å². The smallest absolute Gasteiger partial charge is 0.220 e. The molecule has 1 atom stereocenters. The zero-order valence-corrected chi connectivity index (χ0v) is 12.2.